The van der Waals surface area contributed by atoms with Crippen LogP contribution in [0.5, 0.6) is 0 Å². The number of likely N-dealkylation sites (tertiary alicyclic amines) is 2. The van der Waals surface area contributed by atoms with Crippen molar-refractivity contribution in [1.82, 2.24) is 20.4 Å². The summed E-state index contributed by atoms with van der Waals surface area (Å²) in [6.45, 7) is 4.84. The SMILES string of the molecule is NCC1CCCN(C(=O)NC(/C=C\NC=O)=Nc2ccc(CN3CCC(N)CC3)cc2)C1. The molecule has 3 amide bonds. The molecular weight excluding hydrogens is 406 g/mol. The zero-order chi connectivity index (χ0) is 22.8. The van der Waals surface area contributed by atoms with Gasteiger partial charge in [-0.25, -0.2) is 9.79 Å². The molecule has 9 nitrogen and oxygen atoms in total. The predicted octanol–water partition coefficient (Wildman–Crippen LogP) is 1.28. The number of nitrogens with one attached hydrogen (secondary N) is 2. The van der Waals surface area contributed by atoms with E-state index in [2.05, 4.69) is 32.7 Å². The minimum Gasteiger partial charge on any atom is -0.335 e. The zero-order valence-corrected chi connectivity index (χ0v) is 18.6. The number of urea groups is 1. The van der Waals surface area contributed by atoms with E-state index in [1.807, 2.05) is 12.1 Å². The third-order valence-electron chi connectivity index (χ3n) is 6.00. The van der Waals surface area contributed by atoms with Crippen LogP contribution in [0.4, 0.5) is 10.5 Å². The summed E-state index contributed by atoms with van der Waals surface area (Å²) in [6.07, 6.45) is 7.64. The van der Waals surface area contributed by atoms with Crippen LogP contribution in [0.15, 0.2) is 41.5 Å². The van der Waals surface area contributed by atoms with Crippen LogP contribution < -0.4 is 22.1 Å². The van der Waals surface area contributed by atoms with Gasteiger partial charge in [-0.05, 0) is 75.0 Å². The molecular formula is C23H35N7O2. The predicted molar refractivity (Wildman–Crippen MR) is 126 cm³/mol. The van der Waals surface area contributed by atoms with Gasteiger partial charge in [0.1, 0.15) is 5.84 Å². The third-order valence-corrected chi connectivity index (χ3v) is 6.00. The smallest absolute Gasteiger partial charge is 0.323 e. The van der Waals surface area contributed by atoms with E-state index < -0.39 is 0 Å². The summed E-state index contributed by atoms with van der Waals surface area (Å²) in [5.74, 6) is 0.683. The Bertz CT molecular complexity index is 801. The Morgan fingerprint density at radius 1 is 1.16 bits per heavy atom. The molecule has 0 aliphatic carbocycles. The normalized spacial score (nSPS) is 21.0. The molecule has 3 rings (SSSR count). The largest absolute Gasteiger partial charge is 0.335 e. The molecule has 32 heavy (non-hydrogen) atoms. The lowest BCUT2D eigenvalue weighted by Gasteiger charge is -2.32. The standard InChI is InChI=1S/C23H35N7O2/c24-14-19-2-1-11-30(16-19)23(32)28-22(7-10-26-17-31)27-21-5-3-18(4-6-21)15-29-12-8-20(25)9-13-29/h3-7,10,17,19-20H,1-2,8-9,11-16,24-25H2,(H,26,31)(H,27,28,32)/b10-7-. The lowest BCUT2D eigenvalue weighted by molar-refractivity contribution is -0.108. The van der Waals surface area contributed by atoms with Crippen LogP contribution in [0.2, 0.25) is 0 Å². The number of aliphatic imine (C=N–C) groups is 1. The first-order valence-electron chi connectivity index (χ1n) is 11.3. The molecule has 174 valence electrons. The Kier molecular flexibility index (Phi) is 9.21. The molecule has 2 aliphatic heterocycles. The van der Waals surface area contributed by atoms with E-state index in [0.29, 0.717) is 43.8 Å². The monoisotopic (exact) mass is 441 g/mol. The van der Waals surface area contributed by atoms with Gasteiger partial charge in [-0.1, -0.05) is 12.1 Å². The van der Waals surface area contributed by atoms with Gasteiger partial charge in [-0.2, -0.15) is 0 Å². The fraction of sp³-hybridized carbons (Fsp3) is 0.522. The Balaban J connectivity index is 1.64. The van der Waals surface area contributed by atoms with Gasteiger partial charge < -0.3 is 21.7 Å². The second-order valence-electron chi connectivity index (χ2n) is 8.52. The first kappa shape index (κ1) is 23.9. The van der Waals surface area contributed by atoms with Crippen LogP contribution in [0.3, 0.4) is 0 Å². The van der Waals surface area contributed by atoms with Crippen LogP contribution >= 0.6 is 0 Å². The summed E-state index contributed by atoms with van der Waals surface area (Å²) in [5.41, 5.74) is 13.7. The molecule has 6 N–H and O–H groups in total. The number of carbonyl (C=O) groups is 2. The van der Waals surface area contributed by atoms with E-state index in [4.69, 9.17) is 11.5 Å². The number of nitrogens with zero attached hydrogens (tertiary/aromatic N) is 3. The van der Waals surface area contributed by atoms with Crippen molar-refractivity contribution in [3.05, 3.63) is 42.1 Å². The number of rotatable bonds is 7. The van der Waals surface area contributed by atoms with Crippen molar-refractivity contribution in [3.8, 4) is 0 Å². The van der Waals surface area contributed by atoms with Gasteiger partial charge >= 0.3 is 6.03 Å². The molecule has 2 heterocycles. The zero-order valence-electron chi connectivity index (χ0n) is 18.6. The first-order chi connectivity index (χ1) is 15.6. The fourth-order valence-corrected chi connectivity index (χ4v) is 4.09. The maximum atomic E-state index is 12.7. The van der Waals surface area contributed by atoms with Gasteiger partial charge in [-0.15, -0.1) is 0 Å². The maximum absolute atomic E-state index is 12.7. The van der Waals surface area contributed by atoms with Crippen LogP contribution in [0.1, 0.15) is 31.2 Å². The number of amidine groups is 1. The van der Waals surface area contributed by atoms with Crippen molar-refractivity contribution in [3.63, 3.8) is 0 Å². The Labute approximate surface area is 189 Å². The van der Waals surface area contributed by atoms with E-state index in [9.17, 15) is 9.59 Å². The second-order valence-corrected chi connectivity index (χ2v) is 8.52. The van der Waals surface area contributed by atoms with Crippen LogP contribution in [-0.2, 0) is 11.3 Å². The van der Waals surface area contributed by atoms with Crippen molar-refractivity contribution in [1.29, 1.82) is 0 Å². The van der Waals surface area contributed by atoms with E-state index >= 15 is 0 Å². The Morgan fingerprint density at radius 2 is 1.91 bits per heavy atom. The molecule has 1 aromatic carbocycles. The molecule has 0 radical (unpaired) electrons. The Morgan fingerprint density at radius 3 is 2.59 bits per heavy atom. The van der Waals surface area contributed by atoms with Crippen molar-refractivity contribution in [2.45, 2.75) is 38.3 Å². The summed E-state index contributed by atoms with van der Waals surface area (Å²) in [4.78, 5) is 32.1. The van der Waals surface area contributed by atoms with E-state index in [1.165, 1.54) is 11.8 Å². The minimum absolute atomic E-state index is 0.211. The molecule has 1 unspecified atom stereocenters. The third kappa shape index (κ3) is 7.44. The van der Waals surface area contributed by atoms with Crippen LogP contribution in [0, 0.1) is 5.92 Å². The lowest BCUT2D eigenvalue weighted by atomic mass is 9.99. The van der Waals surface area contributed by atoms with Gasteiger partial charge in [0.25, 0.3) is 0 Å². The van der Waals surface area contributed by atoms with Crippen LogP contribution in [-0.4, -0.2) is 66.8 Å². The molecule has 2 fully saturated rings. The fourth-order valence-electron chi connectivity index (χ4n) is 4.09. The molecule has 0 saturated carbocycles. The number of nitrogens with two attached hydrogens (primary N) is 2. The number of carbonyl (C=O) groups excluding carboxylic acids is 2. The number of benzene rings is 1. The van der Waals surface area contributed by atoms with Crippen molar-refractivity contribution < 1.29 is 9.59 Å². The Hall–Kier alpha value is -2.75. The lowest BCUT2D eigenvalue weighted by Crippen LogP contribution is -2.48. The molecule has 9 heteroatoms. The summed E-state index contributed by atoms with van der Waals surface area (Å²) in [7, 11) is 0. The molecule has 0 aromatic heterocycles. The highest BCUT2D eigenvalue weighted by Crippen LogP contribution is 2.18. The molecule has 0 bridgehead atoms. The minimum atomic E-state index is -0.211. The van der Waals surface area contributed by atoms with Crippen molar-refractivity contribution in [2.24, 2.45) is 22.4 Å². The van der Waals surface area contributed by atoms with Gasteiger partial charge in [0.2, 0.25) is 6.41 Å². The first-order valence-corrected chi connectivity index (χ1v) is 11.3. The maximum Gasteiger partial charge on any atom is 0.323 e. The van der Waals surface area contributed by atoms with Gasteiger partial charge in [0.15, 0.2) is 0 Å². The van der Waals surface area contributed by atoms with Gasteiger partial charge in [-0.3, -0.25) is 15.0 Å². The van der Waals surface area contributed by atoms with Gasteiger partial charge in [0, 0.05) is 31.9 Å². The molecule has 1 aromatic rings. The van der Waals surface area contributed by atoms with Crippen LogP contribution in [0.25, 0.3) is 0 Å². The average Bonchev–Trinajstić information content (AvgIpc) is 2.82. The van der Waals surface area contributed by atoms with E-state index in [0.717, 1.165) is 51.0 Å². The summed E-state index contributed by atoms with van der Waals surface area (Å²) >= 11 is 0. The quantitative estimate of drug-likeness (QED) is 0.288. The summed E-state index contributed by atoms with van der Waals surface area (Å²) in [6, 6.07) is 8.09. The molecule has 2 aliphatic rings. The topological polar surface area (TPSA) is 129 Å². The highest BCUT2D eigenvalue weighted by molar-refractivity contribution is 6.04. The number of piperidine rings is 2. The molecule has 0 spiro atoms. The summed E-state index contributed by atoms with van der Waals surface area (Å²) < 4.78 is 0. The average molecular weight is 442 g/mol. The van der Waals surface area contributed by atoms with Gasteiger partial charge in [0.05, 0.1) is 5.69 Å². The molecule has 2 saturated heterocycles. The van der Waals surface area contributed by atoms with Crippen molar-refractivity contribution >= 4 is 24.0 Å². The van der Waals surface area contributed by atoms with E-state index in [1.54, 1.807) is 11.0 Å². The molecule has 1 atom stereocenters. The highest BCUT2D eigenvalue weighted by Gasteiger charge is 2.23. The summed E-state index contributed by atoms with van der Waals surface area (Å²) in [5, 5.41) is 5.31. The number of amides is 3. The van der Waals surface area contributed by atoms with Crippen molar-refractivity contribution in [2.75, 3.05) is 32.7 Å². The number of hydrogen-bond acceptors (Lipinski definition) is 6. The second kappa shape index (κ2) is 12.3. The highest BCUT2D eigenvalue weighted by atomic mass is 16.2. The number of hydrogen-bond donors (Lipinski definition) is 4. The van der Waals surface area contributed by atoms with E-state index in [-0.39, 0.29) is 6.03 Å².